The topological polar surface area (TPSA) is 49.8 Å². The second kappa shape index (κ2) is 6.20. The normalized spacial score (nSPS) is 18.9. The summed E-state index contributed by atoms with van der Waals surface area (Å²) < 4.78 is 18.3. The van der Waals surface area contributed by atoms with Crippen molar-refractivity contribution >= 4 is 17.5 Å². The Morgan fingerprint density at radius 1 is 1.57 bits per heavy atom. The van der Waals surface area contributed by atoms with Crippen LogP contribution in [0, 0.1) is 11.7 Å². The van der Waals surface area contributed by atoms with E-state index in [1.54, 1.807) is 18.7 Å². The highest BCUT2D eigenvalue weighted by molar-refractivity contribution is 6.30. The number of carbonyl (C=O) groups is 1. The van der Waals surface area contributed by atoms with Crippen molar-refractivity contribution < 1.29 is 19.0 Å². The fourth-order valence-electron chi connectivity index (χ4n) is 2.37. The molecule has 1 heterocycles. The first-order chi connectivity index (χ1) is 9.77. The molecule has 6 heteroatoms. The van der Waals surface area contributed by atoms with Gasteiger partial charge in [0.15, 0.2) is 6.61 Å². The van der Waals surface area contributed by atoms with Gasteiger partial charge >= 0.3 is 0 Å². The van der Waals surface area contributed by atoms with E-state index >= 15 is 0 Å². The average Bonchev–Trinajstić information content (AvgIpc) is 2.89. The molecule has 1 aliphatic rings. The summed E-state index contributed by atoms with van der Waals surface area (Å²) in [5, 5.41) is 9.92. The monoisotopic (exact) mass is 315 g/mol. The summed E-state index contributed by atoms with van der Waals surface area (Å²) in [6.45, 7) is 4.52. The maximum atomic E-state index is 13.0. The lowest BCUT2D eigenvalue weighted by atomic mass is 9.90. The lowest BCUT2D eigenvalue weighted by molar-refractivity contribution is -0.132. The van der Waals surface area contributed by atoms with Crippen molar-refractivity contribution in [1.82, 2.24) is 4.90 Å². The number of nitrogens with zero attached hydrogens (tertiary/aromatic N) is 1. The van der Waals surface area contributed by atoms with Crippen molar-refractivity contribution in [3.05, 3.63) is 29.0 Å². The Labute approximate surface area is 128 Å². The van der Waals surface area contributed by atoms with Gasteiger partial charge in [0.1, 0.15) is 11.6 Å². The van der Waals surface area contributed by atoms with E-state index in [0.717, 1.165) is 6.42 Å². The lowest BCUT2D eigenvalue weighted by Crippen LogP contribution is -2.37. The standard InChI is InChI=1S/C15H19ClFNO3/c1-15(2,20)10-5-6-18(8-10)14(19)9-21-11-3-4-13(17)12(16)7-11/h3-4,7,10,20H,5-6,8-9H2,1-2H3. The molecule has 1 aromatic rings. The molecular weight excluding hydrogens is 297 g/mol. The van der Waals surface area contributed by atoms with Gasteiger partial charge in [0.2, 0.25) is 0 Å². The van der Waals surface area contributed by atoms with Gasteiger partial charge in [0.25, 0.3) is 5.91 Å². The highest BCUT2D eigenvalue weighted by Crippen LogP contribution is 2.27. The number of benzene rings is 1. The molecule has 0 spiro atoms. The van der Waals surface area contributed by atoms with Crippen LogP contribution in [0.1, 0.15) is 20.3 Å². The summed E-state index contributed by atoms with van der Waals surface area (Å²) >= 11 is 5.65. The maximum Gasteiger partial charge on any atom is 0.260 e. The summed E-state index contributed by atoms with van der Waals surface area (Å²) in [6, 6.07) is 3.97. The van der Waals surface area contributed by atoms with Crippen LogP contribution in [-0.4, -0.2) is 41.2 Å². The van der Waals surface area contributed by atoms with Crippen molar-refractivity contribution in [3.63, 3.8) is 0 Å². The minimum absolute atomic E-state index is 0.0387. The molecule has 1 unspecified atom stereocenters. The van der Waals surface area contributed by atoms with Crippen LogP contribution in [0.15, 0.2) is 18.2 Å². The molecule has 0 aliphatic carbocycles. The van der Waals surface area contributed by atoms with Crippen LogP contribution in [0.2, 0.25) is 5.02 Å². The molecule has 4 nitrogen and oxygen atoms in total. The molecule has 21 heavy (non-hydrogen) atoms. The smallest absolute Gasteiger partial charge is 0.260 e. The zero-order valence-electron chi connectivity index (χ0n) is 12.1. The second-order valence-corrected chi connectivity index (χ2v) is 6.25. The van der Waals surface area contributed by atoms with Gasteiger partial charge in [0, 0.05) is 25.1 Å². The lowest BCUT2D eigenvalue weighted by Gasteiger charge is -2.25. The molecule has 0 saturated carbocycles. The van der Waals surface area contributed by atoms with Crippen LogP contribution in [-0.2, 0) is 4.79 Å². The van der Waals surface area contributed by atoms with E-state index in [1.165, 1.54) is 18.2 Å². The third-order valence-electron chi connectivity index (χ3n) is 3.79. The Balaban J connectivity index is 1.87. The Bertz CT molecular complexity index is 530. The summed E-state index contributed by atoms with van der Waals surface area (Å²) in [5.74, 6) is -0.250. The zero-order valence-corrected chi connectivity index (χ0v) is 12.9. The van der Waals surface area contributed by atoms with Gasteiger partial charge in [-0.05, 0) is 32.4 Å². The van der Waals surface area contributed by atoms with Crippen molar-refractivity contribution in [2.75, 3.05) is 19.7 Å². The third-order valence-corrected chi connectivity index (χ3v) is 4.08. The number of likely N-dealkylation sites (tertiary alicyclic amines) is 1. The Hall–Kier alpha value is -1.33. The van der Waals surface area contributed by atoms with Gasteiger partial charge in [-0.2, -0.15) is 0 Å². The van der Waals surface area contributed by atoms with Crippen molar-refractivity contribution in [2.45, 2.75) is 25.9 Å². The Morgan fingerprint density at radius 3 is 2.86 bits per heavy atom. The number of hydrogen-bond acceptors (Lipinski definition) is 3. The fourth-order valence-corrected chi connectivity index (χ4v) is 2.54. The SMILES string of the molecule is CC(C)(O)C1CCN(C(=O)COc2ccc(F)c(Cl)c2)C1. The molecule has 1 atom stereocenters. The number of amides is 1. The summed E-state index contributed by atoms with van der Waals surface area (Å²) in [4.78, 5) is 13.7. The van der Waals surface area contributed by atoms with Gasteiger partial charge in [-0.1, -0.05) is 11.6 Å². The molecule has 1 N–H and O–H groups in total. The quantitative estimate of drug-likeness (QED) is 0.928. The minimum atomic E-state index is -0.791. The second-order valence-electron chi connectivity index (χ2n) is 5.84. The zero-order chi connectivity index (χ0) is 15.6. The number of ether oxygens (including phenoxy) is 1. The highest BCUT2D eigenvalue weighted by Gasteiger charge is 2.35. The highest BCUT2D eigenvalue weighted by atomic mass is 35.5. The van der Waals surface area contributed by atoms with Gasteiger partial charge in [-0.3, -0.25) is 4.79 Å². The van der Waals surface area contributed by atoms with E-state index in [-0.39, 0.29) is 23.5 Å². The third kappa shape index (κ3) is 4.08. The molecule has 116 valence electrons. The molecule has 1 amide bonds. The van der Waals surface area contributed by atoms with E-state index in [4.69, 9.17) is 16.3 Å². The van der Waals surface area contributed by atoms with E-state index in [2.05, 4.69) is 0 Å². The van der Waals surface area contributed by atoms with Gasteiger partial charge < -0.3 is 14.7 Å². The van der Waals surface area contributed by atoms with E-state index in [9.17, 15) is 14.3 Å². The predicted molar refractivity (Wildman–Crippen MR) is 77.9 cm³/mol. The molecular formula is C15H19ClFNO3. The molecule has 1 fully saturated rings. The summed E-state index contributed by atoms with van der Waals surface area (Å²) in [7, 11) is 0. The maximum absolute atomic E-state index is 13.0. The van der Waals surface area contributed by atoms with E-state index in [1.807, 2.05) is 0 Å². The van der Waals surface area contributed by atoms with Crippen molar-refractivity contribution in [1.29, 1.82) is 0 Å². The van der Waals surface area contributed by atoms with Crippen molar-refractivity contribution in [2.24, 2.45) is 5.92 Å². The molecule has 0 radical (unpaired) electrons. The van der Waals surface area contributed by atoms with Crippen LogP contribution >= 0.6 is 11.6 Å². The molecule has 1 saturated heterocycles. The van der Waals surface area contributed by atoms with Gasteiger partial charge in [0.05, 0.1) is 10.6 Å². The van der Waals surface area contributed by atoms with Crippen LogP contribution in [0.4, 0.5) is 4.39 Å². The van der Waals surface area contributed by atoms with Crippen molar-refractivity contribution in [3.8, 4) is 5.75 Å². The Morgan fingerprint density at radius 2 is 2.29 bits per heavy atom. The number of hydrogen-bond donors (Lipinski definition) is 1. The summed E-state index contributed by atoms with van der Waals surface area (Å²) in [6.07, 6.45) is 0.775. The molecule has 1 aliphatic heterocycles. The summed E-state index contributed by atoms with van der Waals surface area (Å²) in [5.41, 5.74) is -0.791. The van der Waals surface area contributed by atoms with Crippen LogP contribution < -0.4 is 4.74 Å². The van der Waals surface area contributed by atoms with Crippen LogP contribution in [0.25, 0.3) is 0 Å². The molecule has 2 rings (SSSR count). The van der Waals surface area contributed by atoms with Gasteiger partial charge in [-0.25, -0.2) is 4.39 Å². The predicted octanol–water partition coefficient (Wildman–Crippen LogP) is 2.48. The Kier molecular flexibility index (Phi) is 4.74. The van der Waals surface area contributed by atoms with E-state index < -0.39 is 11.4 Å². The molecule has 0 bridgehead atoms. The minimum Gasteiger partial charge on any atom is -0.484 e. The fraction of sp³-hybridized carbons (Fsp3) is 0.533. The number of aliphatic hydroxyl groups is 1. The first kappa shape index (κ1) is 16.0. The number of halogens is 2. The first-order valence-corrected chi connectivity index (χ1v) is 7.23. The largest absolute Gasteiger partial charge is 0.484 e. The van der Waals surface area contributed by atoms with Gasteiger partial charge in [-0.15, -0.1) is 0 Å². The van der Waals surface area contributed by atoms with Crippen LogP contribution in [0.3, 0.4) is 0 Å². The number of rotatable bonds is 4. The first-order valence-electron chi connectivity index (χ1n) is 6.85. The average molecular weight is 316 g/mol. The molecule has 1 aromatic carbocycles. The van der Waals surface area contributed by atoms with Crippen LogP contribution in [0.5, 0.6) is 5.75 Å². The molecule has 0 aromatic heterocycles. The number of carbonyl (C=O) groups excluding carboxylic acids is 1. The van der Waals surface area contributed by atoms with E-state index in [0.29, 0.717) is 18.8 Å².